The van der Waals surface area contributed by atoms with E-state index in [1.165, 1.54) is 0 Å². The second-order valence-electron chi connectivity index (χ2n) is 4.77. The summed E-state index contributed by atoms with van der Waals surface area (Å²) in [5, 5.41) is 1.07. The van der Waals surface area contributed by atoms with Crippen molar-refractivity contribution in [2.75, 3.05) is 0 Å². The summed E-state index contributed by atoms with van der Waals surface area (Å²) < 4.78 is 0. The highest BCUT2D eigenvalue weighted by Gasteiger charge is 2.17. The van der Waals surface area contributed by atoms with Crippen molar-refractivity contribution in [2.45, 2.75) is 27.7 Å². The molecular weight excluding hydrogens is 243 g/mol. The number of nitrogens with two attached hydrogens (primary N) is 1. The lowest BCUT2D eigenvalue weighted by atomic mass is 9.95. The van der Waals surface area contributed by atoms with Crippen molar-refractivity contribution in [1.29, 1.82) is 0 Å². The van der Waals surface area contributed by atoms with Gasteiger partial charge in [-0.2, -0.15) is 0 Å². The summed E-state index contributed by atoms with van der Waals surface area (Å²) >= 11 is 12.2. The number of hydrogen-bond acceptors (Lipinski definition) is 1. The van der Waals surface area contributed by atoms with Crippen LogP contribution >= 0.6 is 23.2 Å². The highest BCUT2D eigenvalue weighted by Crippen LogP contribution is 2.36. The number of hydrogen-bond donors (Lipinski definition) is 1. The molecule has 88 valence electrons. The predicted molar refractivity (Wildman–Crippen MR) is 71.9 cm³/mol. The van der Waals surface area contributed by atoms with Crippen LogP contribution in [0.1, 0.15) is 26.3 Å². The Labute approximate surface area is 106 Å². The van der Waals surface area contributed by atoms with Crippen LogP contribution in [0.25, 0.3) is 0 Å². The van der Waals surface area contributed by atoms with Crippen molar-refractivity contribution in [3.8, 4) is 0 Å². The van der Waals surface area contributed by atoms with Gasteiger partial charge in [-0.1, -0.05) is 50.0 Å². The van der Waals surface area contributed by atoms with Crippen LogP contribution in [0.4, 0.5) is 5.69 Å². The van der Waals surface area contributed by atoms with E-state index in [0.29, 0.717) is 21.6 Å². The lowest BCUT2D eigenvalue weighted by Crippen LogP contribution is -2.28. The Balaban J connectivity index is 3.30. The van der Waals surface area contributed by atoms with Crippen LogP contribution in [0.15, 0.2) is 17.1 Å². The topological polar surface area (TPSA) is 38.4 Å². The largest absolute Gasteiger partial charge is 0.387 e. The number of aliphatic imine (C=N–C) groups is 1. The standard InChI is InChI=1S/C12H16Cl2N2/c1-7-5-6-8(13)10(9(7)14)16-11(15)12(2,3)4/h5-6H,1-4H3,(H2,15,16). The Bertz CT molecular complexity index is 431. The molecule has 0 aliphatic rings. The summed E-state index contributed by atoms with van der Waals surface area (Å²) in [5.74, 6) is 0.516. The van der Waals surface area contributed by atoms with E-state index >= 15 is 0 Å². The Morgan fingerprint density at radius 1 is 1.25 bits per heavy atom. The molecule has 0 unspecified atom stereocenters. The lowest BCUT2D eigenvalue weighted by molar-refractivity contribution is 0.585. The zero-order chi connectivity index (χ0) is 12.5. The van der Waals surface area contributed by atoms with Gasteiger partial charge in [0.25, 0.3) is 0 Å². The molecule has 0 amide bonds. The average molecular weight is 259 g/mol. The van der Waals surface area contributed by atoms with Crippen molar-refractivity contribution in [3.05, 3.63) is 27.7 Å². The molecular formula is C12H16Cl2N2. The minimum Gasteiger partial charge on any atom is -0.387 e. The van der Waals surface area contributed by atoms with Crippen molar-refractivity contribution >= 4 is 34.7 Å². The number of aryl methyl sites for hydroxylation is 1. The van der Waals surface area contributed by atoms with Crippen molar-refractivity contribution < 1.29 is 0 Å². The summed E-state index contributed by atoms with van der Waals surface area (Å²) in [6, 6.07) is 3.63. The highest BCUT2D eigenvalue weighted by molar-refractivity contribution is 6.39. The van der Waals surface area contributed by atoms with Crippen LogP contribution < -0.4 is 5.73 Å². The molecule has 2 N–H and O–H groups in total. The maximum atomic E-state index is 6.15. The van der Waals surface area contributed by atoms with Crippen LogP contribution in [0.2, 0.25) is 10.0 Å². The van der Waals surface area contributed by atoms with Crippen LogP contribution in [0.3, 0.4) is 0 Å². The molecule has 1 rings (SSSR count). The minimum atomic E-state index is -0.198. The number of nitrogens with zero attached hydrogens (tertiary/aromatic N) is 1. The molecule has 0 heterocycles. The van der Waals surface area contributed by atoms with E-state index in [4.69, 9.17) is 28.9 Å². The molecule has 0 aliphatic carbocycles. The normalized spacial score (nSPS) is 13.0. The summed E-state index contributed by atoms with van der Waals surface area (Å²) in [5.41, 5.74) is 7.19. The summed E-state index contributed by atoms with van der Waals surface area (Å²) in [4.78, 5) is 4.32. The summed E-state index contributed by atoms with van der Waals surface area (Å²) in [7, 11) is 0. The van der Waals surface area contributed by atoms with Crippen LogP contribution in [-0.2, 0) is 0 Å². The second kappa shape index (κ2) is 4.64. The molecule has 0 bridgehead atoms. The third-order valence-corrected chi connectivity index (χ3v) is 3.04. The van der Waals surface area contributed by atoms with Crippen LogP contribution in [0.5, 0.6) is 0 Å². The zero-order valence-electron chi connectivity index (χ0n) is 9.94. The van der Waals surface area contributed by atoms with E-state index < -0.39 is 0 Å². The number of benzene rings is 1. The second-order valence-corrected chi connectivity index (χ2v) is 5.56. The molecule has 16 heavy (non-hydrogen) atoms. The number of halogens is 2. The van der Waals surface area contributed by atoms with E-state index in [-0.39, 0.29) is 5.41 Å². The highest BCUT2D eigenvalue weighted by atomic mass is 35.5. The Hall–Kier alpha value is -0.730. The maximum Gasteiger partial charge on any atom is 0.105 e. The van der Waals surface area contributed by atoms with Gasteiger partial charge in [0.1, 0.15) is 11.5 Å². The van der Waals surface area contributed by atoms with Gasteiger partial charge in [-0.25, -0.2) is 4.99 Å². The molecule has 0 aromatic heterocycles. The van der Waals surface area contributed by atoms with Gasteiger partial charge in [-0.05, 0) is 18.6 Å². The van der Waals surface area contributed by atoms with Gasteiger partial charge in [0.05, 0.1) is 10.0 Å². The molecule has 0 atom stereocenters. The van der Waals surface area contributed by atoms with Crippen molar-refractivity contribution in [1.82, 2.24) is 0 Å². The molecule has 0 saturated carbocycles. The summed E-state index contributed by atoms with van der Waals surface area (Å²) in [6.07, 6.45) is 0. The van der Waals surface area contributed by atoms with Crippen molar-refractivity contribution in [2.24, 2.45) is 16.1 Å². The first-order valence-corrected chi connectivity index (χ1v) is 5.78. The van der Waals surface area contributed by atoms with E-state index in [1.807, 2.05) is 33.8 Å². The fourth-order valence-corrected chi connectivity index (χ4v) is 1.49. The fourth-order valence-electron chi connectivity index (χ4n) is 1.03. The quantitative estimate of drug-likeness (QED) is 0.591. The average Bonchev–Trinajstić information content (AvgIpc) is 2.17. The van der Waals surface area contributed by atoms with Gasteiger partial charge in [-0.15, -0.1) is 0 Å². The Morgan fingerprint density at radius 2 is 1.81 bits per heavy atom. The summed E-state index contributed by atoms with van der Waals surface area (Å²) in [6.45, 7) is 7.88. The minimum absolute atomic E-state index is 0.198. The Kier molecular flexibility index (Phi) is 3.87. The third-order valence-electron chi connectivity index (χ3n) is 2.26. The molecule has 0 radical (unpaired) electrons. The number of amidine groups is 1. The van der Waals surface area contributed by atoms with E-state index in [2.05, 4.69) is 4.99 Å². The van der Waals surface area contributed by atoms with Crippen molar-refractivity contribution in [3.63, 3.8) is 0 Å². The predicted octanol–water partition coefficient (Wildman–Crippen LogP) is 4.34. The first-order valence-electron chi connectivity index (χ1n) is 5.02. The SMILES string of the molecule is Cc1ccc(Cl)c(N=C(N)C(C)(C)C)c1Cl. The molecule has 2 nitrogen and oxygen atoms in total. The van der Waals surface area contributed by atoms with Crippen LogP contribution in [0, 0.1) is 12.3 Å². The van der Waals surface area contributed by atoms with Gasteiger partial charge < -0.3 is 5.73 Å². The first-order chi connectivity index (χ1) is 7.23. The van der Waals surface area contributed by atoms with E-state index in [0.717, 1.165) is 5.56 Å². The van der Waals surface area contributed by atoms with Gasteiger partial charge >= 0.3 is 0 Å². The molecule has 1 aromatic rings. The number of rotatable bonds is 1. The molecule has 1 aromatic carbocycles. The molecule has 0 saturated heterocycles. The molecule has 4 heteroatoms. The van der Waals surface area contributed by atoms with Gasteiger partial charge in [0.2, 0.25) is 0 Å². The third kappa shape index (κ3) is 2.89. The lowest BCUT2D eigenvalue weighted by Gasteiger charge is -2.18. The van der Waals surface area contributed by atoms with Gasteiger partial charge in [-0.3, -0.25) is 0 Å². The molecule has 0 spiro atoms. The van der Waals surface area contributed by atoms with E-state index in [1.54, 1.807) is 6.07 Å². The van der Waals surface area contributed by atoms with Gasteiger partial charge in [0, 0.05) is 5.41 Å². The smallest absolute Gasteiger partial charge is 0.105 e. The molecule has 0 aliphatic heterocycles. The fraction of sp³-hybridized carbons (Fsp3) is 0.417. The first kappa shape index (κ1) is 13.3. The van der Waals surface area contributed by atoms with Gasteiger partial charge in [0.15, 0.2) is 0 Å². The molecule has 0 fully saturated rings. The zero-order valence-corrected chi connectivity index (χ0v) is 11.4. The Morgan fingerprint density at radius 3 is 2.31 bits per heavy atom. The monoisotopic (exact) mass is 258 g/mol. The van der Waals surface area contributed by atoms with Crippen LogP contribution in [-0.4, -0.2) is 5.84 Å². The maximum absolute atomic E-state index is 6.15. The van der Waals surface area contributed by atoms with E-state index in [9.17, 15) is 0 Å².